The predicted molar refractivity (Wildman–Crippen MR) is 84.3 cm³/mol. The van der Waals surface area contributed by atoms with Crippen molar-refractivity contribution in [3.63, 3.8) is 0 Å². The Kier molecular flexibility index (Phi) is 4.31. The van der Waals surface area contributed by atoms with Gasteiger partial charge in [0.05, 0.1) is 0 Å². The fourth-order valence-corrected chi connectivity index (χ4v) is 2.18. The second-order valence-corrected chi connectivity index (χ2v) is 6.23. The van der Waals surface area contributed by atoms with Gasteiger partial charge in [0.25, 0.3) is 0 Å². The Morgan fingerprint density at radius 3 is 2.21 bits per heavy atom. The van der Waals surface area contributed by atoms with Crippen LogP contribution in [0, 0.1) is 0 Å². The number of halogens is 1. The van der Waals surface area contributed by atoms with Gasteiger partial charge in [-0.2, -0.15) is 0 Å². The number of ether oxygens (including phenoxy) is 1. The lowest BCUT2D eigenvalue weighted by Gasteiger charge is -2.21. The molecule has 19 heavy (non-hydrogen) atoms. The van der Waals surface area contributed by atoms with Crippen molar-refractivity contribution in [2.24, 2.45) is 0 Å². The number of hydrogen-bond acceptors (Lipinski definition) is 1. The number of rotatable bonds is 3. The molecule has 2 aromatic rings. The van der Waals surface area contributed by atoms with Crippen LogP contribution < -0.4 is 4.74 Å². The van der Waals surface area contributed by atoms with E-state index in [2.05, 4.69) is 54.9 Å². The first kappa shape index (κ1) is 14.1. The topological polar surface area (TPSA) is 9.23 Å². The molecule has 0 unspecified atom stereocenters. The van der Waals surface area contributed by atoms with Crippen LogP contribution in [0.25, 0.3) is 0 Å². The lowest BCUT2D eigenvalue weighted by Crippen LogP contribution is -2.11. The summed E-state index contributed by atoms with van der Waals surface area (Å²) in [5.74, 6) is 1.77. The highest BCUT2D eigenvalue weighted by atomic mass is 79.9. The molecule has 0 saturated carbocycles. The maximum Gasteiger partial charge on any atom is 0.128 e. The van der Waals surface area contributed by atoms with E-state index in [4.69, 9.17) is 4.74 Å². The second kappa shape index (κ2) is 5.79. The largest absolute Gasteiger partial charge is 0.457 e. The van der Waals surface area contributed by atoms with E-state index in [0.29, 0.717) is 0 Å². The van der Waals surface area contributed by atoms with Crippen LogP contribution in [0.5, 0.6) is 11.5 Å². The van der Waals surface area contributed by atoms with Crippen LogP contribution >= 0.6 is 15.9 Å². The molecule has 0 aliphatic rings. The number of hydrogen-bond donors (Lipinski definition) is 0. The Hall–Kier alpha value is -1.28. The van der Waals surface area contributed by atoms with E-state index in [1.54, 1.807) is 0 Å². The minimum Gasteiger partial charge on any atom is -0.457 e. The third-order valence-electron chi connectivity index (χ3n) is 2.97. The molecule has 0 bridgehead atoms. The summed E-state index contributed by atoms with van der Waals surface area (Å²) in [6.07, 6.45) is 0. The van der Waals surface area contributed by atoms with Crippen LogP contribution in [-0.4, -0.2) is 0 Å². The Balaban J connectivity index is 2.35. The van der Waals surface area contributed by atoms with Gasteiger partial charge in [0.2, 0.25) is 0 Å². The van der Waals surface area contributed by atoms with Crippen LogP contribution in [-0.2, 0) is 10.7 Å². The molecule has 0 N–H and O–H groups in total. The monoisotopic (exact) mass is 318 g/mol. The highest BCUT2D eigenvalue weighted by Gasteiger charge is 2.15. The Morgan fingerprint density at radius 2 is 1.63 bits per heavy atom. The molecule has 0 atom stereocenters. The maximum atomic E-state index is 5.94. The van der Waals surface area contributed by atoms with E-state index >= 15 is 0 Å². The summed E-state index contributed by atoms with van der Waals surface area (Å²) in [6, 6.07) is 16.3. The highest BCUT2D eigenvalue weighted by Crippen LogP contribution is 2.30. The Bertz CT molecular complexity index is 541. The summed E-state index contributed by atoms with van der Waals surface area (Å²) in [4.78, 5) is 0. The van der Waals surface area contributed by atoms with Gasteiger partial charge in [0, 0.05) is 5.33 Å². The fraction of sp³-hybridized carbons (Fsp3) is 0.294. The minimum atomic E-state index is 0.118. The summed E-state index contributed by atoms with van der Waals surface area (Å²) in [5.41, 5.74) is 2.64. The van der Waals surface area contributed by atoms with Crippen molar-refractivity contribution in [1.82, 2.24) is 0 Å². The molecule has 2 aromatic carbocycles. The number of benzene rings is 2. The molecule has 0 spiro atoms. The molecule has 0 heterocycles. The smallest absolute Gasteiger partial charge is 0.128 e. The molecule has 0 aromatic heterocycles. The fourth-order valence-electron chi connectivity index (χ4n) is 1.85. The van der Waals surface area contributed by atoms with Gasteiger partial charge in [-0.25, -0.2) is 0 Å². The zero-order chi connectivity index (χ0) is 13.9. The zero-order valence-corrected chi connectivity index (χ0v) is 13.2. The van der Waals surface area contributed by atoms with Crippen molar-refractivity contribution in [2.45, 2.75) is 31.5 Å². The van der Waals surface area contributed by atoms with Gasteiger partial charge in [-0.05, 0) is 40.8 Å². The molecule has 0 saturated heterocycles. The molecular formula is C17H19BrO. The average molecular weight is 319 g/mol. The van der Waals surface area contributed by atoms with E-state index in [1.807, 2.05) is 30.3 Å². The van der Waals surface area contributed by atoms with E-state index in [9.17, 15) is 0 Å². The van der Waals surface area contributed by atoms with E-state index in [-0.39, 0.29) is 5.41 Å². The van der Waals surface area contributed by atoms with E-state index in [0.717, 1.165) is 16.8 Å². The third-order valence-corrected chi connectivity index (χ3v) is 3.61. The predicted octanol–water partition coefficient (Wildman–Crippen LogP) is 5.67. The Labute approximate surface area is 123 Å². The van der Waals surface area contributed by atoms with Crippen molar-refractivity contribution in [1.29, 1.82) is 0 Å². The first-order valence-electron chi connectivity index (χ1n) is 6.42. The number of para-hydroxylation sites is 1. The average Bonchev–Trinajstić information content (AvgIpc) is 2.38. The standard InChI is InChI=1S/C17H19BrO/c1-17(2,3)14-9-13(12-18)10-16(11-14)19-15-7-5-4-6-8-15/h4-11H,12H2,1-3H3. The van der Waals surface area contributed by atoms with Crippen molar-refractivity contribution >= 4 is 15.9 Å². The summed E-state index contributed by atoms with van der Waals surface area (Å²) >= 11 is 3.52. The van der Waals surface area contributed by atoms with Gasteiger partial charge in [0.1, 0.15) is 11.5 Å². The minimum absolute atomic E-state index is 0.118. The second-order valence-electron chi connectivity index (χ2n) is 5.66. The third kappa shape index (κ3) is 3.84. The molecule has 2 heteroatoms. The van der Waals surface area contributed by atoms with Crippen LogP contribution in [0.15, 0.2) is 48.5 Å². The van der Waals surface area contributed by atoms with Crippen LogP contribution in [0.1, 0.15) is 31.9 Å². The molecular weight excluding hydrogens is 300 g/mol. The normalized spacial score (nSPS) is 11.4. The SMILES string of the molecule is CC(C)(C)c1cc(CBr)cc(Oc2ccccc2)c1. The van der Waals surface area contributed by atoms with Gasteiger partial charge in [-0.3, -0.25) is 0 Å². The van der Waals surface area contributed by atoms with Crippen LogP contribution in [0.2, 0.25) is 0 Å². The molecule has 0 radical (unpaired) electrons. The van der Waals surface area contributed by atoms with Gasteiger partial charge >= 0.3 is 0 Å². The summed E-state index contributed by atoms with van der Waals surface area (Å²) < 4.78 is 5.94. The van der Waals surface area contributed by atoms with Crippen LogP contribution in [0.4, 0.5) is 0 Å². The number of alkyl halides is 1. The van der Waals surface area contributed by atoms with Gasteiger partial charge in [-0.1, -0.05) is 61.0 Å². The first-order chi connectivity index (χ1) is 8.99. The van der Waals surface area contributed by atoms with E-state index in [1.165, 1.54) is 11.1 Å². The molecule has 1 nitrogen and oxygen atoms in total. The van der Waals surface area contributed by atoms with Crippen LogP contribution in [0.3, 0.4) is 0 Å². The van der Waals surface area contributed by atoms with Crippen molar-refractivity contribution in [3.05, 3.63) is 59.7 Å². The summed E-state index contributed by atoms with van der Waals surface area (Å²) in [7, 11) is 0. The summed E-state index contributed by atoms with van der Waals surface area (Å²) in [5, 5.41) is 0.835. The molecule has 2 rings (SSSR count). The zero-order valence-electron chi connectivity index (χ0n) is 11.6. The van der Waals surface area contributed by atoms with E-state index < -0.39 is 0 Å². The van der Waals surface area contributed by atoms with Crippen molar-refractivity contribution in [2.75, 3.05) is 0 Å². The molecule has 0 amide bonds. The molecule has 0 fully saturated rings. The van der Waals surface area contributed by atoms with Gasteiger partial charge in [-0.15, -0.1) is 0 Å². The maximum absolute atomic E-state index is 5.94. The summed E-state index contributed by atoms with van der Waals surface area (Å²) in [6.45, 7) is 6.64. The lowest BCUT2D eigenvalue weighted by atomic mass is 9.86. The molecule has 100 valence electrons. The molecule has 0 aliphatic heterocycles. The highest BCUT2D eigenvalue weighted by molar-refractivity contribution is 9.08. The molecule has 0 aliphatic carbocycles. The Morgan fingerprint density at radius 1 is 0.947 bits per heavy atom. The quantitative estimate of drug-likeness (QED) is 0.662. The van der Waals surface area contributed by atoms with Gasteiger partial charge < -0.3 is 4.74 Å². The van der Waals surface area contributed by atoms with Crippen molar-refractivity contribution < 1.29 is 4.74 Å². The first-order valence-corrected chi connectivity index (χ1v) is 7.54. The van der Waals surface area contributed by atoms with Crippen molar-refractivity contribution in [3.8, 4) is 11.5 Å². The lowest BCUT2D eigenvalue weighted by molar-refractivity contribution is 0.478. The van der Waals surface area contributed by atoms with Gasteiger partial charge in [0.15, 0.2) is 0 Å².